The topological polar surface area (TPSA) is 41.5 Å². The lowest BCUT2D eigenvalue weighted by atomic mass is 10.0. The summed E-state index contributed by atoms with van der Waals surface area (Å²) < 4.78 is 18.0. The Morgan fingerprint density at radius 3 is 2.93 bits per heavy atom. The van der Waals surface area contributed by atoms with Crippen LogP contribution in [0.5, 0.6) is 5.75 Å². The van der Waals surface area contributed by atoms with Crippen LogP contribution in [0.1, 0.15) is 18.0 Å². The highest BCUT2D eigenvalue weighted by molar-refractivity contribution is 5.33. The monoisotopic (exact) mass is 211 g/mol. The van der Waals surface area contributed by atoms with E-state index in [1.165, 1.54) is 13.2 Å². The van der Waals surface area contributed by atoms with Crippen molar-refractivity contribution in [3.05, 3.63) is 29.6 Å². The lowest BCUT2D eigenvalue weighted by Crippen LogP contribution is -2.20. The number of hydrogen-bond acceptors (Lipinski definition) is 3. The van der Waals surface area contributed by atoms with Crippen LogP contribution < -0.4 is 10.1 Å². The lowest BCUT2D eigenvalue weighted by Gasteiger charge is -2.16. The van der Waals surface area contributed by atoms with Gasteiger partial charge in [0.05, 0.1) is 19.3 Å². The normalized spacial score (nSPS) is 25.5. The fourth-order valence-electron chi connectivity index (χ4n) is 1.90. The molecular formula is C11H14FNO2. The van der Waals surface area contributed by atoms with Gasteiger partial charge in [0.2, 0.25) is 0 Å². The molecular weight excluding hydrogens is 197 g/mol. The molecule has 2 atom stereocenters. The molecule has 0 aromatic heterocycles. The first-order chi connectivity index (χ1) is 7.22. The molecule has 1 aromatic carbocycles. The van der Waals surface area contributed by atoms with Crippen LogP contribution in [0.25, 0.3) is 0 Å². The summed E-state index contributed by atoms with van der Waals surface area (Å²) in [5, 5.41) is 12.8. The summed E-state index contributed by atoms with van der Waals surface area (Å²) in [6.07, 6.45) is 0.324. The second kappa shape index (κ2) is 4.16. The maximum Gasteiger partial charge on any atom is 0.165 e. The SMILES string of the molecule is COc1cc(C2NCCC2O)ccc1F. The van der Waals surface area contributed by atoms with Gasteiger partial charge in [0, 0.05) is 0 Å². The van der Waals surface area contributed by atoms with Gasteiger partial charge >= 0.3 is 0 Å². The number of aliphatic hydroxyl groups excluding tert-OH is 1. The Labute approximate surface area is 87.9 Å². The maximum atomic E-state index is 13.1. The van der Waals surface area contributed by atoms with Gasteiger partial charge in [-0.25, -0.2) is 4.39 Å². The van der Waals surface area contributed by atoms with Crippen molar-refractivity contribution >= 4 is 0 Å². The van der Waals surface area contributed by atoms with Crippen molar-refractivity contribution in [2.45, 2.75) is 18.6 Å². The molecule has 2 rings (SSSR count). The summed E-state index contributed by atoms with van der Waals surface area (Å²) in [7, 11) is 1.43. The van der Waals surface area contributed by atoms with Gasteiger partial charge < -0.3 is 15.2 Å². The quantitative estimate of drug-likeness (QED) is 0.773. The van der Waals surface area contributed by atoms with Crippen LogP contribution in [0, 0.1) is 5.82 Å². The van der Waals surface area contributed by atoms with Crippen molar-refractivity contribution < 1.29 is 14.2 Å². The van der Waals surface area contributed by atoms with E-state index in [4.69, 9.17) is 4.74 Å². The minimum absolute atomic E-state index is 0.112. The Balaban J connectivity index is 2.28. The Morgan fingerprint density at radius 1 is 1.53 bits per heavy atom. The van der Waals surface area contributed by atoms with Crippen LogP contribution >= 0.6 is 0 Å². The van der Waals surface area contributed by atoms with Gasteiger partial charge in [-0.05, 0) is 30.7 Å². The zero-order valence-electron chi connectivity index (χ0n) is 8.53. The van der Waals surface area contributed by atoms with Crippen molar-refractivity contribution in [3.63, 3.8) is 0 Å². The van der Waals surface area contributed by atoms with Gasteiger partial charge in [0.15, 0.2) is 11.6 Å². The van der Waals surface area contributed by atoms with Crippen molar-refractivity contribution in [1.29, 1.82) is 0 Å². The van der Waals surface area contributed by atoms with Gasteiger partial charge in [0.25, 0.3) is 0 Å². The van der Waals surface area contributed by atoms with E-state index in [2.05, 4.69) is 5.32 Å². The molecule has 2 N–H and O–H groups in total. The molecule has 0 bridgehead atoms. The van der Waals surface area contributed by atoms with E-state index in [-0.39, 0.29) is 17.6 Å². The Kier molecular flexibility index (Phi) is 2.88. The highest BCUT2D eigenvalue weighted by Gasteiger charge is 2.26. The summed E-state index contributed by atoms with van der Waals surface area (Å²) in [4.78, 5) is 0. The van der Waals surface area contributed by atoms with E-state index in [9.17, 15) is 9.50 Å². The van der Waals surface area contributed by atoms with Gasteiger partial charge in [-0.1, -0.05) is 6.07 Å². The summed E-state index contributed by atoms with van der Waals surface area (Å²) >= 11 is 0. The smallest absolute Gasteiger partial charge is 0.165 e. The summed E-state index contributed by atoms with van der Waals surface area (Å²) in [6.45, 7) is 0.783. The molecule has 0 radical (unpaired) electrons. The lowest BCUT2D eigenvalue weighted by molar-refractivity contribution is 0.160. The van der Waals surface area contributed by atoms with Crippen LogP contribution in [-0.4, -0.2) is 24.9 Å². The first-order valence-electron chi connectivity index (χ1n) is 4.97. The van der Waals surface area contributed by atoms with Crippen LogP contribution in [0.3, 0.4) is 0 Å². The highest BCUT2D eigenvalue weighted by atomic mass is 19.1. The second-order valence-corrected chi connectivity index (χ2v) is 3.68. The minimum Gasteiger partial charge on any atom is -0.494 e. The first-order valence-corrected chi connectivity index (χ1v) is 4.97. The molecule has 1 heterocycles. The fourth-order valence-corrected chi connectivity index (χ4v) is 1.90. The molecule has 1 saturated heterocycles. The number of halogens is 1. The van der Waals surface area contributed by atoms with E-state index in [1.54, 1.807) is 12.1 Å². The minimum atomic E-state index is -0.403. The van der Waals surface area contributed by atoms with E-state index in [0.717, 1.165) is 18.5 Å². The number of nitrogens with one attached hydrogen (secondary N) is 1. The summed E-state index contributed by atoms with van der Waals surface area (Å²) in [5.41, 5.74) is 0.859. The third-order valence-corrected chi connectivity index (χ3v) is 2.72. The third kappa shape index (κ3) is 1.96. The van der Waals surface area contributed by atoms with Crippen LogP contribution in [-0.2, 0) is 0 Å². The molecule has 1 aliphatic rings. The molecule has 15 heavy (non-hydrogen) atoms. The van der Waals surface area contributed by atoms with E-state index in [0.29, 0.717) is 0 Å². The number of benzene rings is 1. The van der Waals surface area contributed by atoms with Crippen molar-refractivity contribution in [3.8, 4) is 5.75 Å². The second-order valence-electron chi connectivity index (χ2n) is 3.68. The number of ether oxygens (including phenoxy) is 1. The Morgan fingerprint density at radius 2 is 2.33 bits per heavy atom. The predicted octanol–water partition coefficient (Wildman–Crippen LogP) is 1.23. The fraction of sp³-hybridized carbons (Fsp3) is 0.455. The predicted molar refractivity (Wildman–Crippen MR) is 54.3 cm³/mol. The molecule has 4 heteroatoms. The van der Waals surface area contributed by atoms with Crippen molar-refractivity contribution in [2.75, 3.05) is 13.7 Å². The highest BCUT2D eigenvalue weighted by Crippen LogP contribution is 2.27. The van der Waals surface area contributed by atoms with E-state index < -0.39 is 6.10 Å². The number of aliphatic hydroxyl groups is 1. The average Bonchev–Trinajstić information content (AvgIpc) is 2.65. The molecule has 0 saturated carbocycles. The zero-order valence-corrected chi connectivity index (χ0v) is 8.53. The van der Waals surface area contributed by atoms with E-state index >= 15 is 0 Å². The van der Waals surface area contributed by atoms with Gasteiger partial charge in [0.1, 0.15) is 0 Å². The molecule has 1 fully saturated rings. The van der Waals surface area contributed by atoms with Crippen LogP contribution in [0.2, 0.25) is 0 Å². The Bertz CT molecular complexity index is 356. The standard InChI is InChI=1S/C11H14FNO2/c1-15-10-6-7(2-3-8(10)12)11-9(14)4-5-13-11/h2-3,6,9,11,13-14H,4-5H2,1H3. The number of methoxy groups -OCH3 is 1. The van der Waals surface area contributed by atoms with Crippen molar-refractivity contribution in [1.82, 2.24) is 5.32 Å². The summed E-state index contributed by atoms with van der Waals surface area (Å²) in [6, 6.07) is 4.55. The van der Waals surface area contributed by atoms with Crippen molar-refractivity contribution in [2.24, 2.45) is 0 Å². The third-order valence-electron chi connectivity index (χ3n) is 2.72. The molecule has 3 nitrogen and oxygen atoms in total. The maximum absolute atomic E-state index is 13.1. The largest absolute Gasteiger partial charge is 0.494 e. The molecule has 0 aliphatic carbocycles. The molecule has 82 valence electrons. The van der Waals surface area contributed by atoms with Crippen LogP contribution in [0.15, 0.2) is 18.2 Å². The molecule has 2 unspecified atom stereocenters. The van der Waals surface area contributed by atoms with Gasteiger partial charge in [-0.2, -0.15) is 0 Å². The van der Waals surface area contributed by atoms with Gasteiger partial charge in [-0.15, -0.1) is 0 Å². The van der Waals surface area contributed by atoms with Crippen LogP contribution in [0.4, 0.5) is 4.39 Å². The molecule has 0 spiro atoms. The molecule has 1 aromatic rings. The molecule has 0 amide bonds. The Hall–Kier alpha value is -1.13. The number of hydrogen-bond donors (Lipinski definition) is 2. The summed E-state index contributed by atoms with van der Waals surface area (Å²) in [5.74, 6) is -0.165. The zero-order chi connectivity index (χ0) is 10.8. The van der Waals surface area contributed by atoms with Gasteiger partial charge in [-0.3, -0.25) is 0 Å². The molecule has 1 aliphatic heterocycles. The first kappa shape index (κ1) is 10.4. The average molecular weight is 211 g/mol. The van der Waals surface area contributed by atoms with E-state index in [1.807, 2.05) is 0 Å². The number of rotatable bonds is 2.